The number of anilines is 2. The quantitative estimate of drug-likeness (QED) is 0.423. The zero-order valence-electron chi connectivity index (χ0n) is 15.3. The molecule has 0 aliphatic carbocycles. The first-order valence-electron chi connectivity index (χ1n) is 8.34. The van der Waals surface area contributed by atoms with Gasteiger partial charge in [-0.1, -0.05) is 23.7 Å². The highest BCUT2D eigenvalue weighted by molar-refractivity contribution is 6.32. The fourth-order valence-electron chi connectivity index (χ4n) is 2.08. The number of aromatic nitrogens is 2. The number of halogens is 1. The second-order valence-electron chi connectivity index (χ2n) is 5.52. The Bertz CT molecular complexity index is 955. The molecule has 0 bridgehead atoms. The average molecular weight is 415 g/mol. The second kappa shape index (κ2) is 11.1. The maximum absolute atomic E-state index is 10.7. The minimum atomic E-state index is -0.561. The van der Waals surface area contributed by atoms with E-state index in [9.17, 15) is 4.79 Å². The molecule has 0 spiro atoms. The van der Waals surface area contributed by atoms with E-state index in [0.717, 1.165) is 5.56 Å². The lowest BCUT2D eigenvalue weighted by atomic mass is 10.2. The van der Waals surface area contributed by atoms with E-state index in [1.165, 1.54) is 18.6 Å². The summed E-state index contributed by atoms with van der Waals surface area (Å²) in [5.74, 6) is 0.659. The molecule has 0 radical (unpaired) electrons. The molecule has 2 rings (SSSR count). The Morgan fingerprint density at radius 1 is 1.45 bits per heavy atom. The number of aliphatic imine (C=N–C) groups is 1. The van der Waals surface area contributed by atoms with Crippen LogP contribution in [0.2, 0.25) is 5.02 Å². The van der Waals surface area contributed by atoms with E-state index >= 15 is 0 Å². The van der Waals surface area contributed by atoms with E-state index in [4.69, 9.17) is 33.1 Å². The Balaban J connectivity index is 2.04. The zero-order chi connectivity index (χ0) is 21.1. The summed E-state index contributed by atoms with van der Waals surface area (Å²) in [5, 5.41) is 14.9. The molecule has 29 heavy (non-hydrogen) atoms. The summed E-state index contributed by atoms with van der Waals surface area (Å²) in [4.78, 5) is 23.0. The summed E-state index contributed by atoms with van der Waals surface area (Å²) in [6.07, 6.45) is 4.03. The van der Waals surface area contributed by atoms with E-state index in [2.05, 4.69) is 25.6 Å². The molecule has 0 unspecified atom stereocenters. The van der Waals surface area contributed by atoms with Crippen molar-refractivity contribution in [3.05, 3.63) is 52.9 Å². The lowest BCUT2D eigenvalue weighted by Crippen LogP contribution is -2.15. The molecule has 0 atom stereocenters. The highest BCUT2D eigenvalue weighted by atomic mass is 35.5. The third kappa shape index (κ3) is 7.36. The van der Waals surface area contributed by atoms with Crippen LogP contribution >= 0.6 is 11.6 Å². The third-order valence-electron chi connectivity index (χ3n) is 3.32. The van der Waals surface area contributed by atoms with Gasteiger partial charge in [-0.25, -0.2) is 4.98 Å². The van der Waals surface area contributed by atoms with Crippen LogP contribution < -0.4 is 26.8 Å². The van der Waals surface area contributed by atoms with Crippen molar-refractivity contribution in [3.8, 4) is 11.8 Å². The highest BCUT2D eigenvalue weighted by Gasteiger charge is 2.07. The summed E-state index contributed by atoms with van der Waals surface area (Å²) in [5.41, 5.74) is 11.8. The van der Waals surface area contributed by atoms with Gasteiger partial charge in [0.15, 0.2) is 12.4 Å². The maximum atomic E-state index is 10.7. The smallest absolute Gasteiger partial charge is 0.239 e. The third-order valence-corrected chi connectivity index (χ3v) is 3.60. The van der Waals surface area contributed by atoms with Crippen molar-refractivity contribution in [2.75, 3.05) is 23.8 Å². The van der Waals surface area contributed by atoms with E-state index in [1.54, 1.807) is 6.07 Å². The van der Waals surface area contributed by atoms with E-state index in [1.807, 2.05) is 24.3 Å². The molecule has 1 aromatic heterocycles. The first kappa shape index (κ1) is 21.5. The Morgan fingerprint density at radius 3 is 3.00 bits per heavy atom. The molecule has 2 aromatic rings. The number of nitrogens with one attached hydrogen (secondary N) is 2. The Hall–Kier alpha value is -3.84. The molecule has 10 nitrogen and oxygen atoms in total. The number of hydrogen-bond acceptors (Lipinski definition) is 9. The molecule has 6 N–H and O–H groups in total. The fourth-order valence-corrected chi connectivity index (χ4v) is 2.24. The number of carbonyl (C=O) groups is 1. The number of carbonyl (C=O) groups excluding carboxylic acids is 1. The average Bonchev–Trinajstić information content (AvgIpc) is 2.71. The summed E-state index contributed by atoms with van der Waals surface area (Å²) >= 11 is 6.16. The zero-order valence-corrected chi connectivity index (χ0v) is 16.1. The number of ether oxygens (including phenoxy) is 1. The minimum absolute atomic E-state index is 0.0244. The van der Waals surface area contributed by atoms with Gasteiger partial charge in [-0.15, -0.1) is 0 Å². The van der Waals surface area contributed by atoms with Crippen molar-refractivity contribution in [3.63, 3.8) is 0 Å². The van der Waals surface area contributed by atoms with Crippen LogP contribution in [0, 0.1) is 11.3 Å². The van der Waals surface area contributed by atoms with Gasteiger partial charge in [0, 0.05) is 19.0 Å². The van der Waals surface area contributed by atoms with Crippen LogP contribution in [0.3, 0.4) is 0 Å². The van der Waals surface area contributed by atoms with Crippen LogP contribution in [0.4, 0.5) is 11.8 Å². The number of hydrogen-bond donors (Lipinski definition) is 4. The number of rotatable bonds is 10. The number of nitrogens with two attached hydrogens (primary N) is 2. The summed E-state index contributed by atoms with van der Waals surface area (Å²) < 4.78 is 5.28. The van der Waals surface area contributed by atoms with Gasteiger partial charge in [-0.3, -0.25) is 9.79 Å². The van der Waals surface area contributed by atoms with Crippen molar-refractivity contribution >= 4 is 35.5 Å². The topological polar surface area (TPSA) is 164 Å². The van der Waals surface area contributed by atoms with Gasteiger partial charge >= 0.3 is 0 Å². The molecular formula is C18H19ClN8O2. The van der Waals surface area contributed by atoms with Crippen LogP contribution in [-0.2, 0) is 11.3 Å². The molecule has 1 heterocycles. The molecule has 1 amide bonds. The Labute approximate surface area is 172 Å². The van der Waals surface area contributed by atoms with Crippen molar-refractivity contribution in [1.29, 1.82) is 5.26 Å². The highest BCUT2D eigenvalue weighted by Crippen LogP contribution is 2.21. The van der Waals surface area contributed by atoms with Gasteiger partial charge in [0.05, 0.1) is 11.9 Å². The minimum Gasteiger partial charge on any atom is -0.479 e. The van der Waals surface area contributed by atoms with Gasteiger partial charge in [0.25, 0.3) is 0 Å². The second-order valence-corrected chi connectivity index (χ2v) is 5.93. The van der Waals surface area contributed by atoms with Crippen LogP contribution in [0.1, 0.15) is 5.56 Å². The van der Waals surface area contributed by atoms with Crippen LogP contribution in [0.25, 0.3) is 0 Å². The maximum Gasteiger partial charge on any atom is 0.239 e. The van der Waals surface area contributed by atoms with Gasteiger partial charge in [-0.05, 0) is 17.7 Å². The van der Waals surface area contributed by atoms with Crippen molar-refractivity contribution in [2.45, 2.75) is 6.54 Å². The van der Waals surface area contributed by atoms with Crippen LogP contribution in [0.15, 0.2) is 47.4 Å². The van der Waals surface area contributed by atoms with Gasteiger partial charge in [-0.2, -0.15) is 10.2 Å². The number of benzene rings is 1. The lowest BCUT2D eigenvalue weighted by molar-refractivity contribution is -0.116. The van der Waals surface area contributed by atoms with Gasteiger partial charge in [0.2, 0.25) is 11.9 Å². The standard InChI is InChI=1S/C18H19ClN8O2/c19-15-10-25-18(26-13(7-21)9-23-11-16(22)28)27-17(15)24-8-12-2-1-3-14(6-12)29-5-4-20/h1-3,6-7,9-10H,5,8,11,21H2,(H2,22,28)(H2,24,25,26,27)/b13-7+,23-9?. The molecule has 0 aliphatic rings. The molecule has 0 fully saturated rings. The molecule has 0 aliphatic heterocycles. The predicted octanol–water partition coefficient (Wildman–Crippen LogP) is 1.41. The monoisotopic (exact) mass is 414 g/mol. The summed E-state index contributed by atoms with van der Waals surface area (Å²) in [6.45, 7) is 0.230. The normalized spacial score (nSPS) is 11.1. The number of primary amides is 1. The van der Waals surface area contributed by atoms with Crippen LogP contribution in [0.5, 0.6) is 5.75 Å². The van der Waals surface area contributed by atoms with Crippen molar-refractivity contribution < 1.29 is 9.53 Å². The molecule has 150 valence electrons. The SMILES string of the molecule is N#CCOc1cccc(CNc2nc(N/C(C=NCC(N)=O)=C/N)ncc2Cl)c1. The number of nitrogens with zero attached hydrogens (tertiary/aromatic N) is 4. The van der Waals surface area contributed by atoms with E-state index in [-0.39, 0.29) is 19.1 Å². The van der Waals surface area contributed by atoms with E-state index in [0.29, 0.717) is 28.8 Å². The number of amides is 1. The van der Waals surface area contributed by atoms with Gasteiger partial charge in [0.1, 0.15) is 23.4 Å². The van der Waals surface area contributed by atoms with Crippen molar-refractivity contribution in [2.24, 2.45) is 16.5 Å². The van der Waals surface area contributed by atoms with Crippen LogP contribution in [-0.4, -0.2) is 35.2 Å². The Morgan fingerprint density at radius 2 is 2.28 bits per heavy atom. The predicted molar refractivity (Wildman–Crippen MR) is 110 cm³/mol. The number of nitriles is 1. The molecule has 0 saturated carbocycles. The molecule has 0 saturated heterocycles. The Kier molecular flexibility index (Phi) is 8.22. The molecule has 1 aromatic carbocycles. The molecular weight excluding hydrogens is 396 g/mol. The van der Waals surface area contributed by atoms with E-state index < -0.39 is 5.91 Å². The largest absolute Gasteiger partial charge is 0.479 e. The lowest BCUT2D eigenvalue weighted by Gasteiger charge is -2.11. The first-order valence-corrected chi connectivity index (χ1v) is 8.71. The summed E-state index contributed by atoms with van der Waals surface area (Å²) in [6, 6.07) is 9.21. The fraction of sp³-hybridized carbons (Fsp3) is 0.167. The van der Waals surface area contributed by atoms with Crippen molar-refractivity contribution in [1.82, 2.24) is 9.97 Å². The van der Waals surface area contributed by atoms with Gasteiger partial charge < -0.3 is 26.8 Å². The molecule has 11 heteroatoms. The first-order chi connectivity index (χ1) is 14.0. The number of allylic oxidation sites excluding steroid dienone is 1. The summed E-state index contributed by atoms with van der Waals surface area (Å²) in [7, 11) is 0.